The lowest BCUT2D eigenvalue weighted by Crippen LogP contribution is -2.08. The van der Waals surface area contributed by atoms with E-state index in [4.69, 9.17) is 15.0 Å². The van der Waals surface area contributed by atoms with E-state index in [1.54, 1.807) is 0 Å². The van der Waals surface area contributed by atoms with Gasteiger partial charge in [0.2, 0.25) is 0 Å². The Morgan fingerprint density at radius 3 is 2.57 bits per heavy atom. The summed E-state index contributed by atoms with van der Waals surface area (Å²) in [4.78, 5) is 0. The highest BCUT2D eigenvalue weighted by Gasteiger charge is 2.10. The van der Waals surface area contributed by atoms with Crippen LogP contribution < -0.4 is 14.7 Å². The van der Waals surface area contributed by atoms with E-state index in [0.29, 0.717) is 5.75 Å². The predicted molar refractivity (Wildman–Crippen MR) is 49.6 cm³/mol. The third-order valence-electron chi connectivity index (χ3n) is 1.42. The minimum atomic E-state index is -4.56. The van der Waals surface area contributed by atoms with E-state index in [0.717, 1.165) is 0 Å². The number of ether oxygens (including phenoxy) is 1. The molecule has 0 aromatic heterocycles. The SMILES string of the molecule is COc1ccc(N)c(OS(=O)(=O)O)c1. The van der Waals surface area contributed by atoms with Crippen molar-refractivity contribution in [2.45, 2.75) is 0 Å². The average Bonchev–Trinajstić information content (AvgIpc) is 2.06. The second kappa shape index (κ2) is 3.72. The Kier molecular flexibility index (Phi) is 2.82. The molecule has 0 amide bonds. The highest BCUT2D eigenvalue weighted by Crippen LogP contribution is 2.27. The van der Waals surface area contributed by atoms with Gasteiger partial charge in [-0.1, -0.05) is 0 Å². The van der Waals surface area contributed by atoms with E-state index in [1.165, 1.54) is 25.3 Å². The zero-order chi connectivity index (χ0) is 10.8. The fourth-order valence-electron chi connectivity index (χ4n) is 0.827. The number of hydrogen-bond donors (Lipinski definition) is 2. The van der Waals surface area contributed by atoms with Gasteiger partial charge in [0.25, 0.3) is 0 Å². The monoisotopic (exact) mass is 219 g/mol. The molecule has 0 aliphatic carbocycles. The molecule has 0 unspecified atom stereocenters. The first kappa shape index (κ1) is 10.6. The smallest absolute Gasteiger partial charge is 0.446 e. The lowest BCUT2D eigenvalue weighted by Gasteiger charge is -2.06. The van der Waals surface area contributed by atoms with Crippen molar-refractivity contribution in [3.05, 3.63) is 18.2 Å². The van der Waals surface area contributed by atoms with Gasteiger partial charge in [-0.25, -0.2) is 0 Å². The maximum absolute atomic E-state index is 10.4. The van der Waals surface area contributed by atoms with Gasteiger partial charge in [-0.2, -0.15) is 8.42 Å². The predicted octanol–water partition coefficient (Wildman–Crippen LogP) is 0.459. The first-order chi connectivity index (χ1) is 6.42. The summed E-state index contributed by atoms with van der Waals surface area (Å²) >= 11 is 0. The van der Waals surface area contributed by atoms with Crippen LogP contribution >= 0.6 is 0 Å². The third-order valence-corrected chi connectivity index (χ3v) is 1.81. The summed E-state index contributed by atoms with van der Waals surface area (Å²) in [6.07, 6.45) is 0. The molecule has 0 radical (unpaired) electrons. The molecular weight excluding hydrogens is 210 g/mol. The zero-order valence-electron chi connectivity index (χ0n) is 7.30. The van der Waals surface area contributed by atoms with Crippen LogP contribution in [-0.4, -0.2) is 20.1 Å². The Morgan fingerprint density at radius 1 is 1.43 bits per heavy atom. The number of nitrogens with two attached hydrogens (primary N) is 1. The average molecular weight is 219 g/mol. The van der Waals surface area contributed by atoms with Crippen LogP contribution in [0.3, 0.4) is 0 Å². The summed E-state index contributed by atoms with van der Waals surface area (Å²) in [5.41, 5.74) is 5.48. The standard InChI is InChI=1S/C7H9NO5S/c1-12-5-2-3-6(8)7(4-5)13-14(9,10)11/h2-4H,8H2,1H3,(H,9,10,11). The molecule has 0 atom stereocenters. The van der Waals surface area contributed by atoms with Crippen LogP contribution in [0.5, 0.6) is 11.5 Å². The lowest BCUT2D eigenvalue weighted by molar-refractivity contribution is 0.383. The second-order valence-corrected chi connectivity index (χ2v) is 3.44. The van der Waals surface area contributed by atoms with Crippen molar-refractivity contribution >= 4 is 16.1 Å². The van der Waals surface area contributed by atoms with E-state index in [2.05, 4.69) is 4.18 Å². The summed E-state index contributed by atoms with van der Waals surface area (Å²) in [6, 6.07) is 4.19. The van der Waals surface area contributed by atoms with E-state index in [-0.39, 0.29) is 11.4 Å². The molecule has 0 heterocycles. The molecule has 0 saturated carbocycles. The summed E-state index contributed by atoms with van der Waals surface area (Å²) in [5, 5.41) is 0. The van der Waals surface area contributed by atoms with E-state index >= 15 is 0 Å². The molecule has 1 rings (SSSR count). The Morgan fingerprint density at radius 2 is 2.07 bits per heavy atom. The molecule has 0 spiro atoms. The van der Waals surface area contributed by atoms with Crippen LogP contribution in [0.2, 0.25) is 0 Å². The van der Waals surface area contributed by atoms with Gasteiger partial charge in [0.05, 0.1) is 12.8 Å². The Labute approximate surface area is 81.2 Å². The van der Waals surface area contributed by atoms with Gasteiger partial charge >= 0.3 is 10.4 Å². The number of anilines is 1. The molecule has 0 aliphatic heterocycles. The maximum atomic E-state index is 10.4. The van der Waals surface area contributed by atoms with Gasteiger partial charge in [0.15, 0.2) is 5.75 Å². The summed E-state index contributed by atoms with van der Waals surface area (Å²) in [7, 11) is -3.15. The van der Waals surface area contributed by atoms with Gasteiger partial charge in [-0.3, -0.25) is 4.55 Å². The van der Waals surface area contributed by atoms with Crippen molar-refractivity contribution in [1.29, 1.82) is 0 Å². The first-order valence-electron chi connectivity index (χ1n) is 3.53. The minimum Gasteiger partial charge on any atom is -0.497 e. The van der Waals surface area contributed by atoms with Crippen molar-refractivity contribution in [3.8, 4) is 11.5 Å². The van der Waals surface area contributed by atoms with E-state index in [9.17, 15) is 8.42 Å². The number of benzene rings is 1. The molecule has 3 N–H and O–H groups in total. The Balaban J connectivity index is 3.07. The van der Waals surface area contributed by atoms with Crippen molar-refractivity contribution in [2.24, 2.45) is 0 Å². The van der Waals surface area contributed by atoms with Gasteiger partial charge in [0, 0.05) is 6.07 Å². The fraction of sp³-hybridized carbons (Fsp3) is 0.143. The molecule has 6 nitrogen and oxygen atoms in total. The van der Waals surface area contributed by atoms with E-state index in [1.807, 2.05) is 0 Å². The summed E-state index contributed by atoms with van der Waals surface area (Å²) in [6.45, 7) is 0. The molecule has 14 heavy (non-hydrogen) atoms. The van der Waals surface area contributed by atoms with Gasteiger partial charge < -0.3 is 14.7 Å². The number of nitrogen functional groups attached to an aromatic ring is 1. The third kappa shape index (κ3) is 2.79. The number of hydrogen-bond acceptors (Lipinski definition) is 5. The van der Waals surface area contributed by atoms with E-state index < -0.39 is 10.4 Å². The van der Waals surface area contributed by atoms with Crippen LogP contribution in [0.1, 0.15) is 0 Å². The number of rotatable bonds is 3. The largest absolute Gasteiger partial charge is 0.497 e. The second-order valence-electron chi connectivity index (χ2n) is 2.41. The van der Waals surface area contributed by atoms with Crippen molar-refractivity contribution in [2.75, 3.05) is 12.8 Å². The van der Waals surface area contributed by atoms with Crippen molar-refractivity contribution in [1.82, 2.24) is 0 Å². The van der Waals surface area contributed by atoms with Crippen LogP contribution in [0.15, 0.2) is 18.2 Å². The molecule has 0 aliphatic rings. The normalized spacial score (nSPS) is 11.0. The highest BCUT2D eigenvalue weighted by atomic mass is 32.3. The van der Waals surface area contributed by atoms with Crippen LogP contribution in [0.25, 0.3) is 0 Å². The Hall–Kier alpha value is -1.47. The maximum Gasteiger partial charge on any atom is 0.446 e. The van der Waals surface area contributed by atoms with Gasteiger partial charge in [-0.05, 0) is 12.1 Å². The van der Waals surface area contributed by atoms with Crippen LogP contribution in [0.4, 0.5) is 5.69 Å². The molecule has 7 heteroatoms. The first-order valence-corrected chi connectivity index (χ1v) is 4.89. The fourth-order valence-corrected chi connectivity index (χ4v) is 1.20. The zero-order valence-corrected chi connectivity index (χ0v) is 8.11. The van der Waals surface area contributed by atoms with Crippen LogP contribution in [0, 0.1) is 0 Å². The van der Waals surface area contributed by atoms with Gasteiger partial charge in [0.1, 0.15) is 5.75 Å². The van der Waals surface area contributed by atoms with Crippen LogP contribution in [-0.2, 0) is 10.4 Å². The molecule has 0 saturated heterocycles. The summed E-state index contributed by atoms with van der Waals surface area (Å²) in [5.74, 6) is 0.199. The summed E-state index contributed by atoms with van der Waals surface area (Å²) < 4.78 is 38.2. The molecule has 0 bridgehead atoms. The molecule has 78 valence electrons. The molecule has 1 aromatic rings. The van der Waals surface area contributed by atoms with Gasteiger partial charge in [-0.15, -0.1) is 0 Å². The molecular formula is C7H9NO5S. The molecule has 1 aromatic carbocycles. The lowest BCUT2D eigenvalue weighted by atomic mass is 10.3. The molecule has 0 fully saturated rings. The number of methoxy groups -OCH3 is 1. The minimum absolute atomic E-state index is 0.0865. The highest BCUT2D eigenvalue weighted by molar-refractivity contribution is 7.81. The Bertz CT molecular complexity index is 428. The quantitative estimate of drug-likeness (QED) is 0.566. The topological polar surface area (TPSA) is 98.9 Å². The van der Waals surface area contributed by atoms with Crippen molar-refractivity contribution in [3.63, 3.8) is 0 Å². The van der Waals surface area contributed by atoms with Crippen molar-refractivity contribution < 1.29 is 21.9 Å².